The third-order valence-electron chi connectivity index (χ3n) is 12.7. The van der Waals surface area contributed by atoms with Gasteiger partial charge >= 0.3 is 0 Å². The van der Waals surface area contributed by atoms with Crippen LogP contribution in [0.4, 0.5) is 17.1 Å². The van der Waals surface area contributed by atoms with Crippen LogP contribution in [0.5, 0.6) is 11.5 Å². The summed E-state index contributed by atoms with van der Waals surface area (Å²) < 4.78 is 7.02. The Hall–Kier alpha value is -7.94. The van der Waals surface area contributed by atoms with Crippen LogP contribution >= 0.6 is 0 Å². The van der Waals surface area contributed by atoms with Gasteiger partial charge in [-0.25, -0.2) is 0 Å². The Labute approximate surface area is 356 Å². The van der Waals surface area contributed by atoms with Gasteiger partial charge in [-0.1, -0.05) is 182 Å². The summed E-state index contributed by atoms with van der Waals surface area (Å²) in [7, 11) is 0. The van der Waals surface area contributed by atoms with Gasteiger partial charge in [0, 0.05) is 28.2 Å². The molecule has 1 aliphatic carbocycles. The Bertz CT molecular complexity index is 3110. The lowest BCUT2D eigenvalue weighted by Gasteiger charge is -2.39. The number of rotatable bonds is 6. The molecule has 0 aromatic heterocycles. The summed E-state index contributed by atoms with van der Waals surface area (Å²) in [6.07, 6.45) is 0. The average Bonchev–Trinajstić information content (AvgIpc) is 3.63. The first kappa shape index (κ1) is 35.0. The van der Waals surface area contributed by atoms with Crippen LogP contribution in [-0.4, -0.2) is 0 Å². The van der Waals surface area contributed by atoms with Gasteiger partial charge in [0.25, 0.3) is 0 Å². The van der Waals surface area contributed by atoms with Crippen LogP contribution in [0.25, 0.3) is 55.3 Å². The molecular formula is C59H39NO. The van der Waals surface area contributed by atoms with Crippen LogP contribution in [0.15, 0.2) is 237 Å². The minimum Gasteiger partial charge on any atom is -0.457 e. The number of hydrogen-bond acceptors (Lipinski definition) is 2. The molecule has 0 atom stereocenters. The molecule has 1 aliphatic heterocycles. The van der Waals surface area contributed by atoms with Gasteiger partial charge in [0.05, 0.1) is 5.41 Å². The van der Waals surface area contributed by atoms with Crippen molar-refractivity contribution in [2.45, 2.75) is 5.41 Å². The van der Waals surface area contributed by atoms with E-state index in [1.54, 1.807) is 0 Å². The lowest BCUT2D eigenvalue weighted by molar-refractivity contribution is 0.437. The minimum atomic E-state index is -0.519. The fourth-order valence-corrected chi connectivity index (χ4v) is 9.89. The van der Waals surface area contributed by atoms with Crippen LogP contribution in [0.2, 0.25) is 0 Å². The van der Waals surface area contributed by atoms with E-state index >= 15 is 0 Å². The molecule has 1 spiro atoms. The van der Waals surface area contributed by atoms with E-state index in [0.717, 1.165) is 45.3 Å². The van der Waals surface area contributed by atoms with Crippen LogP contribution < -0.4 is 9.64 Å². The Morgan fingerprint density at radius 3 is 1.20 bits per heavy atom. The van der Waals surface area contributed by atoms with E-state index < -0.39 is 5.41 Å². The van der Waals surface area contributed by atoms with Gasteiger partial charge < -0.3 is 9.64 Å². The molecule has 61 heavy (non-hydrogen) atoms. The molecule has 0 saturated carbocycles. The van der Waals surface area contributed by atoms with E-state index in [1.807, 2.05) is 0 Å². The number of fused-ring (bicyclic) bond motifs is 10. The third kappa shape index (κ3) is 5.64. The van der Waals surface area contributed by atoms with Crippen molar-refractivity contribution < 1.29 is 4.74 Å². The SMILES string of the molecule is c1ccc(-c2ccc(N(c3ccc(-c4ccccc4)cc3)c3ccc(-c4ccc5c(c4)Oc4cc6ccccc6cc4C54c5ccccc5-c5ccccc54)cc3)cc2)cc1. The molecular weight excluding hydrogens is 739 g/mol. The minimum absolute atomic E-state index is 0.519. The van der Waals surface area contributed by atoms with E-state index in [-0.39, 0.29) is 0 Å². The summed E-state index contributed by atoms with van der Waals surface area (Å²) in [6.45, 7) is 0. The topological polar surface area (TPSA) is 12.5 Å². The zero-order valence-electron chi connectivity index (χ0n) is 33.4. The summed E-state index contributed by atoms with van der Waals surface area (Å²) in [4.78, 5) is 2.34. The second-order valence-corrected chi connectivity index (χ2v) is 16.1. The third-order valence-corrected chi connectivity index (χ3v) is 12.7. The van der Waals surface area contributed by atoms with E-state index in [4.69, 9.17) is 4.74 Å². The van der Waals surface area contributed by atoms with Crippen molar-refractivity contribution in [2.75, 3.05) is 4.90 Å². The molecule has 0 bridgehead atoms. The monoisotopic (exact) mass is 777 g/mol. The average molecular weight is 778 g/mol. The first-order valence-electron chi connectivity index (χ1n) is 21.0. The predicted octanol–water partition coefficient (Wildman–Crippen LogP) is 15.8. The molecule has 0 saturated heterocycles. The van der Waals surface area contributed by atoms with E-state index in [0.29, 0.717) is 0 Å². The molecule has 0 unspecified atom stereocenters. The second-order valence-electron chi connectivity index (χ2n) is 16.1. The maximum absolute atomic E-state index is 7.02. The summed E-state index contributed by atoms with van der Waals surface area (Å²) in [5.41, 5.74) is 17.3. The number of anilines is 3. The number of nitrogens with zero attached hydrogens (tertiary/aromatic N) is 1. The predicted molar refractivity (Wildman–Crippen MR) is 252 cm³/mol. The Morgan fingerprint density at radius 1 is 0.279 bits per heavy atom. The summed E-state index contributed by atoms with van der Waals surface area (Å²) in [5.74, 6) is 1.78. The summed E-state index contributed by atoms with van der Waals surface area (Å²) >= 11 is 0. The van der Waals surface area contributed by atoms with Crippen molar-refractivity contribution >= 4 is 27.8 Å². The van der Waals surface area contributed by atoms with Crippen molar-refractivity contribution in [3.63, 3.8) is 0 Å². The summed E-state index contributed by atoms with van der Waals surface area (Å²) in [5, 5.41) is 2.37. The molecule has 12 rings (SSSR count). The molecule has 286 valence electrons. The van der Waals surface area contributed by atoms with Crippen LogP contribution in [0.3, 0.4) is 0 Å². The normalized spacial score (nSPS) is 12.9. The Kier molecular flexibility index (Phi) is 8.11. The van der Waals surface area contributed by atoms with Crippen molar-refractivity contribution in [2.24, 2.45) is 0 Å². The lowest BCUT2D eigenvalue weighted by atomic mass is 9.65. The van der Waals surface area contributed by atoms with Gasteiger partial charge in [0.2, 0.25) is 0 Å². The largest absolute Gasteiger partial charge is 0.457 e. The maximum atomic E-state index is 7.02. The van der Waals surface area contributed by atoms with Crippen molar-refractivity contribution in [3.8, 4) is 56.0 Å². The number of hydrogen-bond donors (Lipinski definition) is 0. The van der Waals surface area contributed by atoms with Gasteiger partial charge in [0.15, 0.2) is 0 Å². The van der Waals surface area contributed by atoms with E-state index in [2.05, 4.69) is 241 Å². The molecule has 0 fully saturated rings. The highest BCUT2D eigenvalue weighted by Gasteiger charge is 2.51. The number of benzene rings is 10. The Morgan fingerprint density at radius 2 is 0.672 bits per heavy atom. The zero-order valence-corrected chi connectivity index (χ0v) is 33.4. The molecule has 0 radical (unpaired) electrons. The van der Waals surface area contributed by atoms with Crippen LogP contribution in [0.1, 0.15) is 22.3 Å². The van der Waals surface area contributed by atoms with Crippen molar-refractivity contribution in [1.29, 1.82) is 0 Å². The highest BCUT2D eigenvalue weighted by atomic mass is 16.5. The first-order chi connectivity index (χ1) is 30.2. The highest BCUT2D eigenvalue weighted by molar-refractivity contribution is 5.93. The van der Waals surface area contributed by atoms with Gasteiger partial charge in [0.1, 0.15) is 11.5 Å². The molecule has 0 N–H and O–H groups in total. The molecule has 10 aromatic rings. The standard InChI is InChI=1S/C59H39NO/c1-3-13-40(14-4-1)42-23-30-48(31-24-42)60(49-32-25-43(26-33-49)41-15-5-2-6-16-41)50-34-27-44(28-35-50)47-29-36-55-57(39-47)61-58-38-46-18-8-7-17-45(46)37-56(58)59(55)53-21-11-9-19-51(53)52-20-10-12-22-54(52)59/h1-39H. The fraction of sp³-hybridized carbons (Fsp3) is 0.0169. The first-order valence-corrected chi connectivity index (χ1v) is 21.0. The summed E-state index contributed by atoms with van der Waals surface area (Å²) in [6, 6.07) is 85.6. The van der Waals surface area contributed by atoms with Gasteiger partial charge in [-0.3, -0.25) is 0 Å². The molecule has 2 nitrogen and oxygen atoms in total. The highest BCUT2D eigenvalue weighted by Crippen LogP contribution is 2.62. The van der Waals surface area contributed by atoms with Crippen molar-refractivity contribution in [3.05, 3.63) is 259 Å². The maximum Gasteiger partial charge on any atom is 0.132 e. The smallest absolute Gasteiger partial charge is 0.132 e. The van der Waals surface area contributed by atoms with Gasteiger partial charge in [-0.2, -0.15) is 0 Å². The lowest BCUT2D eigenvalue weighted by Crippen LogP contribution is -2.32. The van der Waals surface area contributed by atoms with E-state index in [1.165, 1.54) is 60.8 Å². The second kappa shape index (κ2) is 14.1. The Balaban J connectivity index is 0.959. The van der Waals surface area contributed by atoms with Gasteiger partial charge in [-0.15, -0.1) is 0 Å². The molecule has 1 heterocycles. The quantitative estimate of drug-likeness (QED) is 0.167. The zero-order chi connectivity index (χ0) is 40.3. The van der Waals surface area contributed by atoms with Crippen LogP contribution in [0, 0.1) is 0 Å². The van der Waals surface area contributed by atoms with Gasteiger partial charge in [-0.05, 0) is 121 Å². The molecule has 10 aromatic carbocycles. The van der Waals surface area contributed by atoms with E-state index in [9.17, 15) is 0 Å². The van der Waals surface area contributed by atoms with Crippen molar-refractivity contribution in [1.82, 2.24) is 0 Å². The number of ether oxygens (including phenoxy) is 1. The molecule has 2 aliphatic rings. The fourth-order valence-electron chi connectivity index (χ4n) is 9.89. The molecule has 2 heteroatoms. The van der Waals surface area contributed by atoms with Crippen LogP contribution in [-0.2, 0) is 5.41 Å². The molecule has 0 amide bonds.